The van der Waals surface area contributed by atoms with Gasteiger partial charge in [0.05, 0.1) is 5.92 Å². The van der Waals surface area contributed by atoms with Crippen molar-refractivity contribution >= 4 is 11.9 Å². The quantitative estimate of drug-likeness (QED) is 0.732. The first-order valence-electron chi connectivity index (χ1n) is 5.62. The van der Waals surface area contributed by atoms with Crippen LogP contribution in [0.1, 0.15) is 32.6 Å². The normalized spacial score (nSPS) is 38.7. The second kappa shape index (κ2) is 3.83. The van der Waals surface area contributed by atoms with Gasteiger partial charge in [-0.3, -0.25) is 9.59 Å². The largest absolute Gasteiger partial charge is 0.481 e. The number of amides is 1. The first-order chi connectivity index (χ1) is 7.09. The first-order valence-corrected chi connectivity index (χ1v) is 5.62. The molecule has 0 radical (unpaired) electrons. The van der Waals surface area contributed by atoms with E-state index in [0.29, 0.717) is 12.3 Å². The second-order valence-electron chi connectivity index (χ2n) is 4.81. The Kier molecular flexibility index (Phi) is 2.67. The molecule has 0 aromatic rings. The smallest absolute Gasteiger partial charge is 0.308 e. The number of carbonyl (C=O) groups excluding carboxylic acids is 1. The van der Waals surface area contributed by atoms with Gasteiger partial charge in [-0.2, -0.15) is 0 Å². The zero-order valence-corrected chi connectivity index (χ0v) is 8.90. The highest BCUT2D eigenvalue weighted by molar-refractivity contribution is 5.82. The number of carboxylic acid groups (broad SMARTS) is 1. The molecule has 4 atom stereocenters. The summed E-state index contributed by atoms with van der Waals surface area (Å²) in [5.41, 5.74) is 0. The Morgan fingerprint density at radius 2 is 1.93 bits per heavy atom. The van der Waals surface area contributed by atoms with Crippen molar-refractivity contribution in [1.82, 2.24) is 5.32 Å². The minimum Gasteiger partial charge on any atom is -0.481 e. The fourth-order valence-electron chi connectivity index (χ4n) is 2.41. The van der Waals surface area contributed by atoms with Gasteiger partial charge in [0.2, 0.25) is 5.91 Å². The molecule has 0 saturated heterocycles. The van der Waals surface area contributed by atoms with E-state index in [1.807, 2.05) is 6.92 Å². The van der Waals surface area contributed by atoms with Gasteiger partial charge in [0.1, 0.15) is 0 Å². The highest BCUT2D eigenvalue weighted by Crippen LogP contribution is 2.38. The van der Waals surface area contributed by atoms with Crippen molar-refractivity contribution in [3.05, 3.63) is 0 Å². The molecule has 84 valence electrons. The Morgan fingerprint density at radius 3 is 2.47 bits per heavy atom. The predicted octanol–water partition coefficient (Wildman–Crippen LogP) is 1.01. The van der Waals surface area contributed by atoms with E-state index in [2.05, 4.69) is 5.32 Å². The van der Waals surface area contributed by atoms with Crippen LogP contribution >= 0.6 is 0 Å². The molecule has 2 aliphatic carbocycles. The number of hydrogen-bond donors (Lipinski definition) is 2. The molecular formula is C11H17NO3. The summed E-state index contributed by atoms with van der Waals surface area (Å²) in [6, 6.07) is -0.136. The molecule has 4 heteroatoms. The molecule has 0 bridgehead atoms. The lowest BCUT2D eigenvalue weighted by Crippen LogP contribution is -2.41. The van der Waals surface area contributed by atoms with Gasteiger partial charge in [-0.05, 0) is 25.2 Å². The summed E-state index contributed by atoms with van der Waals surface area (Å²) in [6.45, 7) is 2.05. The monoisotopic (exact) mass is 211 g/mol. The topological polar surface area (TPSA) is 66.4 Å². The van der Waals surface area contributed by atoms with E-state index in [1.54, 1.807) is 0 Å². The van der Waals surface area contributed by atoms with Crippen LogP contribution in [-0.4, -0.2) is 23.0 Å². The number of hydrogen-bond acceptors (Lipinski definition) is 2. The molecule has 2 fully saturated rings. The lowest BCUT2D eigenvalue weighted by Gasteiger charge is -2.17. The third-order valence-electron chi connectivity index (χ3n) is 3.61. The van der Waals surface area contributed by atoms with Gasteiger partial charge in [-0.15, -0.1) is 0 Å². The van der Waals surface area contributed by atoms with Crippen LogP contribution in [-0.2, 0) is 9.59 Å². The van der Waals surface area contributed by atoms with Crippen molar-refractivity contribution in [3.63, 3.8) is 0 Å². The minimum absolute atomic E-state index is 0.0562. The van der Waals surface area contributed by atoms with Crippen molar-refractivity contribution < 1.29 is 14.7 Å². The molecule has 2 aliphatic rings. The Bertz CT molecular complexity index is 290. The maximum atomic E-state index is 11.6. The Labute approximate surface area is 89.0 Å². The molecule has 2 rings (SSSR count). The van der Waals surface area contributed by atoms with Gasteiger partial charge in [0.25, 0.3) is 0 Å². The maximum Gasteiger partial charge on any atom is 0.308 e. The summed E-state index contributed by atoms with van der Waals surface area (Å²) in [5.74, 6) is -0.472. The van der Waals surface area contributed by atoms with E-state index >= 15 is 0 Å². The molecule has 0 heterocycles. The Hall–Kier alpha value is -1.06. The van der Waals surface area contributed by atoms with Crippen molar-refractivity contribution in [2.75, 3.05) is 0 Å². The molecule has 0 aromatic carbocycles. The van der Waals surface area contributed by atoms with Crippen LogP contribution < -0.4 is 5.32 Å². The van der Waals surface area contributed by atoms with Crippen molar-refractivity contribution in [1.29, 1.82) is 0 Å². The number of aliphatic carboxylic acids is 1. The van der Waals surface area contributed by atoms with E-state index < -0.39 is 5.97 Å². The van der Waals surface area contributed by atoms with Crippen molar-refractivity contribution in [2.45, 2.75) is 38.6 Å². The zero-order valence-electron chi connectivity index (χ0n) is 8.90. The molecule has 15 heavy (non-hydrogen) atoms. The van der Waals surface area contributed by atoms with Crippen LogP contribution in [0.2, 0.25) is 0 Å². The minimum atomic E-state index is -0.776. The standard InChI is InChI=1S/C11H17NO3/c1-6-5-8(6)10(13)12-9-4-2-3-7(9)11(14)15/h6-9H,2-5H2,1H3,(H,12,13)(H,14,15). The molecule has 0 spiro atoms. The number of nitrogens with one attached hydrogen (secondary N) is 1. The average Bonchev–Trinajstić information content (AvgIpc) is 2.73. The molecule has 4 nitrogen and oxygen atoms in total. The lowest BCUT2D eigenvalue weighted by molar-refractivity contribution is -0.142. The molecule has 0 aromatic heterocycles. The summed E-state index contributed by atoms with van der Waals surface area (Å²) >= 11 is 0. The van der Waals surface area contributed by atoms with Gasteiger partial charge in [0.15, 0.2) is 0 Å². The van der Waals surface area contributed by atoms with Crippen LogP contribution in [0.25, 0.3) is 0 Å². The van der Waals surface area contributed by atoms with Crippen molar-refractivity contribution in [3.8, 4) is 0 Å². The highest BCUT2D eigenvalue weighted by atomic mass is 16.4. The van der Waals surface area contributed by atoms with Gasteiger partial charge < -0.3 is 10.4 Å². The second-order valence-corrected chi connectivity index (χ2v) is 4.81. The summed E-state index contributed by atoms with van der Waals surface area (Å²) in [7, 11) is 0. The lowest BCUT2D eigenvalue weighted by atomic mass is 10.0. The van der Waals surface area contributed by atoms with Crippen molar-refractivity contribution in [2.24, 2.45) is 17.8 Å². The molecule has 4 unspecified atom stereocenters. The predicted molar refractivity (Wildman–Crippen MR) is 54.2 cm³/mol. The van der Waals surface area contributed by atoms with E-state index in [-0.39, 0.29) is 23.8 Å². The fourth-order valence-corrected chi connectivity index (χ4v) is 2.41. The van der Waals surface area contributed by atoms with Crippen LogP contribution in [0.3, 0.4) is 0 Å². The fraction of sp³-hybridized carbons (Fsp3) is 0.818. The first kappa shape index (κ1) is 10.5. The molecule has 2 saturated carbocycles. The van der Waals surface area contributed by atoms with E-state index in [0.717, 1.165) is 19.3 Å². The van der Waals surface area contributed by atoms with Crippen LogP contribution in [0, 0.1) is 17.8 Å². The van der Waals surface area contributed by atoms with E-state index in [4.69, 9.17) is 5.11 Å². The number of rotatable bonds is 3. The van der Waals surface area contributed by atoms with E-state index in [9.17, 15) is 9.59 Å². The molecule has 2 N–H and O–H groups in total. The summed E-state index contributed by atoms with van der Waals surface area (Å²) in [6.07, 6.45) is 3.36. The van der Waals surface area contributed by atoms with Gasteiger partial charge in [0, 0.05) is 12.0 Å². The van der Waals surface area contributed by atoms with Gasteiger partial charge in [-0.1, -0.05) is 13.3 Å². The third-order valence-corrected chi connectivity index (χ3v) is 3.61. The van der Waals surface area contributed by atoms with Crippen LogP contribution in [0.15, 0.2) is 0 Å². The summed E-state index contributed by atoms with van der Waals surface area (Å²) in [4.78, 5) is 22.5. The van der Waals surface area contributed by atoms with Gasteiger partial charge in [-0.25, -0.2) is 0 Å². The molecule has 1 amide bonds. The maximum absolute atomic E-state index is 11.6. The highest BCUT2D eigenvalue weighted by Gasteiger charge is 2.42. The Morgan fingerprint density at radius 1 is 1.27 bits per heavy atom. The summed E-state index contributed by atoms with van der Waals surface area (Å²) < 4.78 is 0. The average molecular weight is 211 g/mol. The van der Waals surface area contributed by atoms with Gasteiger partial charge >= 0.3 is 5.97 Å². The Balaban J connectivity index is 1.88. The number of carboxylic acids is 1. The van der Waals surface area contributed by atoms with Crippen LogP contribution in [0.5, 0.6) is 0 Å². The zero-order chi connectivity index (χ0) is 11.0. The third kappa shape index (κ3) is 2.13. The SMILES string of the molecule is CC1CC1C(=O)NC1CCCC1C(=O)O. The molecule has 0 aliphatic heterocycles. The summed E-state index contributed by atoms with van der Waals surface area (Å²) in [5, 5.41) is 11.8. The van der Waals surface area contributed by atoms with E-state index in [1.165, 1.54) is 0 Å². The molecular weight excluding hydrogens is 194 g/mol. The number of carbonyl (C=O) groups is 2. The van der Waals surface area contributed by atoms with Crippen LogP contribution in [0.4, 0.5) is 0 Å².